The van der Waals surface area contributed by atoms with Crippen molar-refractivity contribution in [2.24, 2.45) is 0 Å². The molecule has 0 amide bonds. The van der Waals surface area contributed by atoms with Crippen molar-refractivity contribution in [3.05, 3.63) is 23.4 Å². The first-order valence-electron chi connectivity index (χ1n) is 5.12. The van der Waals surface area contributed by atoms with Crippen molar-refractivity contribution in [3.63, 3.8) is 0 Å². The van der Waals surface area contributed by atoms with Gasteiger partial charge < -0.3 is 15.5 Å². The van der Waals surface area contributed by atoms with E-state index >= 15 is 0 Å². The Kier molecular flexibility index (Phi) is 2.31. The fraction of sp³-hybridized carbons (Fsp3) is 0.333. The fourth-order valence-corrected chi connectivity index (χ4v) is 2.06. The first-order valence-corrected chi connectivity index (χ1v) is 5.12. The number of aryl methyl sites for hydroxylation is 2. The van der Waals surface area contributed by atoms with Gasteiger partial charge in [-0.15, -0.1) is 0 Å². The number of nitrogens with two attached hydrogens (primary N) is 1. The van der Waals surface area contributed by atoms with Crippen LogP contribution in [0.1, 0.15) is 18.2 Å². The molecule has 0 aliphatic heterocycles. The van der Waals surface area contributed by atoms with E-state index in [0.717, 1.165) is 23.1 Å². The Hall–Kier alpha value is -1.64. The van der Waals surface area contributed by atoms with Crippen LogP contribution in [0, 0.1) is 6.92 Å². The van der Waals surface area contributed by atoms with E-state index in [1.165, 1.54) is 11.3 Å². The number of methoxy groups -OCH3 is 1. The molecule has 0 bridgehead atoms. The average Bonchev–Trinajstić information content (AvgIpc) is 2.56. The number of H-pyrrole nitrogens is 1. The first kappa shape index (κ1) is 9.90. The Labute approximate surface area is 89.2 Å². The van der Waals surface area contributed by atoms with Crippen LogP contribution in [-0.2, 0) is 6.42 Å². The molecule has 3 N–H and O–H groups in total. The molecule has 0 aliphatic rings. The van der Waals surface area contributed by atoms with Crippen molar-refractivity contribution in [1.82, 2.24) is 4.98 Å². The van der Waals surface area contributed by atoms with E-state index in [1.54, 1.807) is 7.11 Å². The first-order chi connectivity index (χ1) is 7.19. The second-order valence-electron chi connectivity index (χ2n) is 3.69. The van der Waals surface area contributed by atoms with Crippen LogP contribution >= 0.6 is 0 Å². The number of benzene rings is 1. The molecule has 3 heteroatoms. The molecule has 0 aliphatic carbocycles. The second-order valence-corrected chi connectivity index (χ2v) is 3.69. The molecule has 1 aromatic carbocycles. The maximum atomic E-state index is 5.88. The molecule has 2 rings (SSSR count). The minimum Gasteiger partial charge on any atom is -0.494 e. The van der Waals surface area contributed by atoms with E-state index in [9.17, 15) is 0 Å². The summed E-state index contributed by atoms with van der Waals surface area (Å²) in [5.41, 5.74) is 10.1. The number of hydrogen-bond acceptors (Lipinski definition) is 2. The van der Waals surface area contributed by atoms with Gasteiger partial charge in [0.25, 0.3) is 0 Å². The highest BCUT2D eigenvalue weighted by molar-refractivity contribution is 5.94. The molecular formula is C12H16N2O. The number of nitrogens with one attached hydrogen (secondary N) is 1. The Balaban J connectivity index is 2.84. The number of fused-ring (bicyclic) bond motifs is 1. The van der Waals surface area contributed by atoms with Crippen LogP contribution in [0.5, 0.6) is 5.75 Å². The van der Waals surface area contributed by atoms with Crippen molar-refractivity contribution in [2.75, 3.05) is 12.8 Å². The zero-order valence-corrected chi connectivity index (χ0v) is 9.35. The van der Waals surface area contributed by atoms with Crippen LogP contribution in [0.3, 0.4) is 0 Å². The third-order valence-corrected chi connectivity index (χ3v) is 2.86. The molecule has 0 saturated carbocycles. The summed E-state index contributed by atoms with van der Waals surface area (Å²) < 4.78 is 5.35. The molecule has 3 nitrogen and oxygen atoms in total. The highest BCUT2D eigenvalue weighted by Gasteiger charge is 2.12. The topological polar surface area (TPSA) is 51.0 Å². The molecule has 0 spiro atoms. The SMILES string of the molecule is CCc1[nH]c2ccc(N)c(OC)c2c1C. The van der Waals surface area contributed by atoms with Gasteiger partial charge in [-0.2, -0.15) is 0 Å². The molecule has 0 radical (unpaired) electrons. The summed E-state index contributed by atoms with van der Waals surface area (Å²) >= 11 is 0. The Morgan fingerprint density at radius 1 is 1.40 bits per heavy atom. The van der Waals surface area contributed by atoms with Crippen LogP contribution in [0.15, 0.2) is 12.1 Å². The van der Waals surface area contributed by atoms with Gasteiger partial charge in [-0.1, -0.05) is 6.92 Å². The highest BCUT2D eigenvalue weighted by Crippen LogP contribution is 2.35. The van der Waals surface area contributed by atoms with Crippen LogP contribution in [-0.4, -0.2) is 12.1 Å². The Morgan fingerprint density at radius 2 is 2.13 bits per heavy atom. The zero-order chi connectivity index (χ0) is 11.0. The maximum absolute atomic E-state index is 5.88. The van der Waals surface area contributed by atoms with E-state index in [0.29, 0.717) is 5.69 Å². The molecule has 1 aromatic heterocycles. The highest BCUT2D eigenvalue weighted by atomic mass is 16.5. The smallest absolute Gasteiger partial charge is 0.151 e. The number of aromatic nitrogens is 1. The lowest BCUT2D eigenvalue weighted by atomic mass is 10.1. The normalized spacial score (nSPS) is 10.9. The van der Waals surface area contributed by atoms with Gasteiger partial charge >= 0.3 is 0 Å². The summed E-state index contributed by atoms with van der Waals surface area (Å²) in [7, 11) is 1.66. The molecule has 0 atom stereocenters. The summed E-state index contributed by atoms with van der Waals surface area (Å²) in [6.07, 6.45) is 0.990. The average molecular weight is 204 g/mol. The summed E-state index contributed by atoms with van der Waals surface area (Å²) in [5.74, 6) is 0.779. The lowest BCUT2D eigenvalue weighted by Crippen LogP contribution is -1.92. The second kappa shape index (κ2) is 3.50. The van der Waals surface area contributed by atoms with Crippen molar-refractivity contribution < 1.29 is 4.74 Å². The monoisotopic (exact) mass is 204 g/mol. The lowest BCUT2D eigenvalue weighted by molar-refractivity contribution is 0.422. The molecule has 1 heterocycles. The van der Waals surface area contributed by atoms with Crippen molar-refractivity contribution in [1.29, 1.82) is 0 Å². The summed E-state index contributed by atoms with van der Waals surface area (Å²) in [4.78, 5) is 3.38. The minimum absolute atomic E-state index is 0.690. The Bertz CT molecular complexity index is 500. The van der Waals surface area contributed by atoms with E-state index in [1.807, 2.05) is 12.1 Å². The number of aromatic amines is 1. The predicted molar refractivity (Wildman–Crippen MR) is 63.4 cm³/mol. The number of rotatable bonds is 2. The third kappa shape index (κ3) is 1.35. The van der Waals surface area contributed by atoms with Crippen LogP contribution < -0.4 is 10.5 Å². The van der Waals surface area contributed by atoms with Gasteiger partial charge in [0.1, 0.15) is 0 Å². The fourth-order valence-electron chi connectivity index (χ4n) is 2.06. The number of nitrogen functional groups attached to an aromatic ring is 1. The summed E-state index contributed by atoms with van der Waals surface area (Å²) in [6, 6.07) is 3.87. The van der Waals surface area contributed by atoms with E-state index < -0.39 is 0 Å². The molecule has 80 valence electrons. The molecule has 15 heavy (non-hydrogen) atoms. The van der Waals surface area contributed by atoms with Gasteiger partial charge in [-0.05, 0) is 31.0 Å². The molecule has 0 unspecified atom stereocenters. The number of hydrogen-bond donors (Lipinski definition) is 2. The van der Waals surface area contributed by atoms with Crippen molar-refractivity contribution in [3.8, 4) is 5.75 Å². The van der Waals surface area contributed by atoms with Gasteiger partial charge in [0.15, 0.2) is 5.75 Å². The van der Waals surface area contributed by atoms with Gasteiger partial charge in [0.2, 0.25) is 0 Å². The van der Waals surface area contributed by atoms with Gasteiger partial charge in [0.05, 0.1) is 12.8 Å². The van der Waals surface area contributed by atoms with E-state index in [-0.39, 0.29) is 0 Å². The van der Waals surface area contributed by atoms with Crippen LogP contribution in [0.25, 0.3) is 10.9 Å². The Morgan fingerprint density at radius 3 is 2.73 bits per heavy atom. The third-order valence-electron chi connectivity index (χ3n) is 2.86. The van der Waals surface area contributed by atoms with Gasteiger partial charge in [-0.3, -0.25) is 0 Å². The van der Waals surface area contributed by atoms with Crippen molar-refractivity contribution >= 4 is 16.6 Å². The summed E-state index contributed by atoms with van der Waals surface area (Å²) in [5, 5.41) is 1.11. The standard InChI is InChI=1S/C12H16N2O/c1-4-9-7(2)11-10(14-9)6-5-8(13)12(11)15-3/h5-6,14H,4,13H2,1-3H3. The number of ether oxygens (including phenoxy) is 1. The maximum Gasteiger partial charge on any atom is 0.151 e. The van der Waals surface area contributed by atoms with Gasteiger partial charge in [0, 0.05) is 16.6 Å². The quantitative estimate of drug-likeness (QED) is 0.739. The molecule has 0 saturated heterocycles. The van der Waals surface area contributed by atoms with Gasteiger partial charge in [-0.25, -0.2) is 0 Å². The summed E-state index contributed by atoms with van der Waals surface area (Å²) in [6.45, 7) is 4.23. The molecular weight excluding hydrogens is 188 g/mol. The lowest BCUT2D eigenvalue weighted by Gasteiger charge is -2.06. The van der Waals surface area contributed by atoms with Crippen LogP contribution in [0.4, 0.5) is 5.69 Å². The van der Waals surface area contributed by atoms with Crippen LogP contribution in [0.2, 0.25) is 0 Å². The van der Waals surface area contributed by atoms with Crippen molar-refractivity contribution in [2.45, 2.75) is 20.3 Å². The molecule has 0 fully saturated rings. The largest absolute Gasteiger partial charge is 0.494 e. The number of anilines is 1. The van der Waals surface area contributed by atoms with E-state index in [2.05, 4.69) is 18.8 Å². The van der Waals surface area contributed by atoms with E-state index in [4.69, 9.17) is 10.5 Å². The minimum atomic E-state index is 0.690. The predicted octanol–water partition coefficient (Wildman–Crippen LogP) is 2.63. The molecule has 2 aromatic rings. The zero-order valence-electron chi connectivity index (χ0n) is 9.35.